The number of rotatable bonds is 6. The van der Waals surface area contributed by atoms with Crippen molar-refractivity contribution in [2.75, 3.05) is 31.1 Å². The van der Waals surface area contributed by atoms with Crippen molar-refractivity contribution in [2.24, 2.45) is 4.99 Å². The van der Waals surface area contributed by atoms with Gasteiger partial charge in [0.25, 0.3) is 0 Å². The van der Waals surface area contributed by atoms with Crippen LogP contribution in [0, 0.1) is 0 Å². The van der Waals surface area contributed by atoms with Crippen LogP contribution in [-0.4, -0.2) is 48.0 Å². The van der Waals surface area contributed by atoms with E-state index in [0.717, 1.165) is 43.0 Å². The Kier molecular flexibility index (Phi) is 8.70. The second kappa shape index (κ2) is 10.8. The SMILES string of the molecule is CCNC(=NCCn1cccn1)NC1CCN(c2ccc(Br)cc2)C1.I. The molecule has 1 fully saturated rings. The second-order valence-electron chi connectivity index (χ2n) is 6.08. The van der Waals surface area contributed by atoms with Gasteiger partial charge in [-0.2, -0.15) is 5.10 Å². The van der Waals surface area contributed by atoms with Gasteiger partial charge in [0.15, 0.2) is 5.96 Å². The van der Waals surface area contributed by atoms with Crippen LogP contribution < -0.4 is 15.5 Å². The molecule has 26 heavy (non-hydrogen) atoms. The fourth-order valence-corrected chi connectivity index (χ4v) is 3.24. The van der Waals surface area contributed by atoms with Crippen molar-refractivity contribution in [2.45, 2.75) is 25.9 Å². The van der Waals surface area contributed by atoms with Crippen LogP contribution in [-0.2, 0) is 6.54 Å². The average molecular weight is 533 g/mol. The Morgan fingerprint density at radius 2 is 2.15 bits per heavy atom. The molecular formula is C18H26BrIN6. The summed E-state index contributed by atoms with van der Waals surface area (Å²) in [5.74, 6) is 0.886. The molecule has 6 nitrogen and oxygen atoms in total. The molecule has 142 valence electrons. The first-order valence-corrected chi connectivity index (χ1v) is 9.56. The second-order valence-corrected chi connectivity index (χ2v) is 7.00. The van der Waals surface area contributed by atoms with Crippen molar-refractivity contribution in [3.63, 3.8) is 0 Å². The van der Waals surface area contributed by atoms with E-state index >= 15 is 0 Å². The highest BCUT2D eigenvalue weighted by molar-refractivity contribution is 14.0. The van der Waals surface area contributed by atoms with Gasteiger partial charge >= 0.3 is 0 Å². The van der Waals surface area contributed by atoms with Crippen LogP contribution >= 0.6 is 39.9 Å². The van der Waals surface area contributed by atoms with Gasteiger partial charge in [0.2, 0.25) is 0 Å². The highest BCUT2D eigenvalue weighted by Crippen LogP contribution is 2.22. The first-order valence-electron chi connectivity index (χ1n) is 8.77. The summed E-state index contributed by atoms with van der Waals surface area (Å²) in [5.41, 5.74) is 1.27. The van der Waals surface area contributed by atoms with E-state index in [1.54, 1.807) is 6.20 Å². The van der Waals surface area contributed by atoms with Gasteiger partial charge in [-0.25, -0.2) is 0 Å². The zero-order valence-corrected chi connectivity index (χ0v) is 18.9. The van der Waals surface area contributed by atoms with Crippen LogP contribution in [0.4, 0.5) is 5.69 Å². The molecule has 0 bridgehead atoms. The summed E-state index contributed by atoms with van der Waals surface area (Å²) in [6, 6.07) is 10.9. The zero-order valence-electron chi connectivity index (χ0n) is 14.9. The van der Waals surface area contributed by atoms with E-state index < -0.39 is 0 Å². The summed E-state index contributed by atoms with van der Waals surface area (Å²) in [6.45, 7) is 6.50. The molecule has 0 saturated carbocycles. The number of nitrogens with one attached hydrogen (secondary N) is 2. The molecule has 8 heteroatoms. The quantitative estimate of drug-likeness (QED) is 0.341. The summed E-state index contributed by atoms with van der Waals surface area (Å²) >= 11 is 3.49. The minimum atomic E-state index is 0. The molecule has 1 aliphatic rings. The molecule has 0 aliphatic carbocycles. The smallest absolute Gasteiger partial charge is 0.191 e. The van der Waals surface area contributed by atoms with E-state index in [9.17, 15) is 0 Å². The van der Waals surface area contributed by atoms with Crippen molar-refractivity contribution in [3.8, 4) is 0 Å². The summed E-state index contributed by atoms with van der Waals surface area (Å²) in [4.78, 5) is 7.08. The number of nitrogens with zero attached hydrogens (tertiary/aromatic N) is 4. The summed E-state index contributed by atoms with van der Waals surface area (Å²) in [5, 5.41) is 11.1. The standard InChI is InChI=1S/C18H25BrN6.HI/c1-2-20-18(21-10-13-25-11-3-9-22-25)23-16-8-12-24(14-16)17-6-4-15(19)5-7-17;/h3-7,9,11,16H,2,8,10,12-14H2,1H3,(H2,20,21,23);1H. The Morgan fingerprint density at radius 3 is 2.85 bits per heavy atom. The third kappa shape index (κ3) is 6.15. The maximum Gasteiger partial charge on any atom is 0.191 e. The lowest BCUT2D eigenvalue weighted by molar-refractivity contribution is 0.613. The molecule has 0 radical (unpaired) electrons. The van der Waals surface area contributed by atoms with Gasteiger partial charge < -0.3 is 15.5 Å². The fraction of sp³-hybridized carbons (Fsp3) is 0.444. The van der Waals surface area contributed by atoms with E-state index in [-0.39, 0.29) is 24.0 Å². The lowest BCUT2D eigenvalue weighted by Crippen LogP contribution is -2.44. The summed E-state index contributed by atoms with van der Waals surface area (Å²) < 4.78 is 3.02. The Hall–Kier alpha value is -1.29. The van der Waals surface area contributed by atoms with Crippen molar-refractivity contribution >= 4 is 51.6 Å². The molecule has 1 atom stereocenters. The molecule has 1 aliphatic heterocycles. The molecule has 2 aromatic rings. The highest BCUT2D eigenvalue weighted by atomic mass is 127. The first-order chi connectivity index (χ1) is 12.2. The van der Waals surface area contributed by atoms with Crippen molar-refractivity contribution < 1.29 is 0 Å². The number of anilines is 1. The molecule has 2 N–H and O–H groups in total. The zero-order chi connectivity index (χ0) is 17.5. The Labute approximate surface area is 180 Å². The van der Waals surface area contributed by atoms with Crippen LogP contribution in [0.15, 0.2) is 52.2 Å². The van der Waals surface area contributed by atoms with E-state index in [1.807, 2.05) is 16.9 Å². The minimum Gasteiger partial charge on any atom is -0.369 e. The van der Waals surface area contributed by atoms with Crippen LogP contribution in [0.25, 0.3) is 0 Å². The maximum absolute atomic E-state index is 4.67. The van der Waals surface area contributed by atoms with Crippen LogP contribution in [0.1, 0.15) is 13.3 Å². The molecule has 0 amide bonds. The molecule has 1 aromatic heterocycles. The number of halogens is 2. The van der Waals surface area contributed by atoms with Gasteiger partial charge in [-0.1, -0.05) is 15.9 Å². The summed E-state index contributed by atoms with van der Waals surface area (Å²) in [7, 11) is 0. The number of benzene rings is 1. The third-order valence-electron chi connectivity index (χ3n) is 4.22. The Bertz CT molecular complexity index is 673. The van der Waals surface area contributed by atoms with E-state index in [1.165, 1.54) is 5.69 Å². The third-order valence-corrected chi connectivity index (χ3v) is 4.75. The monoisotopic (exact) mass is 532 g/mol. The van der Waals surface area contributed by atoms with Gasteiger partial charge in [0.05, 0.1) is 13.1 Å². The predicted molar refractivity (Wildman–Crippen MR) is 122 cm³/mol. The molecule has 0 spiro atoms. The van der Waals surface area contributed by atoms with Gasteiger partial charge in [-0.15, -0.1) is 24.0 Å². The molecule has 2 heterocycles. The Morgan fingerprint density at radius 1 is 1.35 bits per heavy atom. The average Bonchev–Trinajstić information content (AvgIpc) is 3.28. The molecule has 3 rings (SSSR count). The molecular weight excluding hydrogens is 507 g/mol. The van der Waals surface area contributed by atoms with Crippen LogP contribution in [0.3, 0.4) is 0 Å². The van der Waals surface area contributed by atoms with Gasteiger partial charge in [0, 0.05) is 48.2 Å². The largest absolute Gasteiger partial charge is 0.369 e. The number of aliphatic imine (C=N–C) groups is 1. The number of hydrogen-bond acceptors (Lipinski definition) is 3. The van der Waals surface area contributed by atoms with Crippen molar-refractivity contribution in [1.82, 2.24) is 20.4 Å². The number of hydrogen-bond donors (Lipinski definition) is 2. The Balaban J connectivity index is 0.00000243. The van der Waals surface area contributed by atoms with E-state index in [2.05, 4.69) is 72.7 Å². The highest BCUT2D eigenvalue weighted by Gasteiger charge is 2.23. The van der Waals surface area contributed by atoms with Gasteiger partial charge in [-0.3, -0.25) is 9.67 Å². The van der Waals surface area contributed by atoms with E-state index in [4.69, 9.17) is 0 Å². The maximum atomic E-state index is 4.67. The first kappa shape index (κ1) is 21.0. The normalized spacial score (nSPS) is 17.1. The lowest BCUT2D eigenvalue weighted by atomic mass is 10.3. The molecule has 1 unspecified atom stereocenters. The topological polar surface area (TPSA) is 57.5 Å². The van der Waals surface area contributed by atoms with Gasteiger partial charge in [-0.05, 0) is 43.7 Å². The fourth-order valence-electron chi connectivity index (χ4n) is 2.97. The number of guanidine groups is 1. The number of aromatic nitrogens is 2. The van der Waals surface area contributed by atoms with Crippen molar-refractivity contribution in [3.05, 3.63) is 47.2 Å². The van der Waals surface area contributed by atoms with E-state index in [0.29, 0.717) is 12.6 Å². The van der Waals surface area contributed by atoms with Crippen molar-refractivity contribution in [1.29, 1.82) is 0 Å². The predicted octanol–water partition coefficient (Wildman–Crippen LogP) is 3.10. The minimum absolute atomic E-state index is 0. The molecule has 1 saturated heterocycles. The van der Waals surface area contributed by atoms with Crippen LogP contribution in [0.5, 0.6) is 0 Å². The van der Waals surface area contributed by atoms with Gasteiger partial charge in [0.1, 0.15) is 0 Å². The van der Waals surface area contributed by atoms with Crippen LogP contribution in [0.2, 0.25) is 0 Å². The summed E-state index contributed by atoms with van der Waals surface area (Å²) in [6.07, 6.45) is 4.87. The lowest BCUT2D eigenvalue weighted by Gasteiger charge is -2.20. The molecule has 1 aromatic carbocycles.